The fourth-order valence-corrected chi connectivity index (χ4v) is 2.78. The normalized spacial score (nSPS) is 24.2. The quantitative estimate of drug-likeness (QED) is 0.837. The summed E-state index contributed by atoms with van der Waals surface area (Å²) in [5.74, 6) is -0.886. The standard InChI is InChI=1S/C14H26N2O3/c1-10-7-6-8-16(11(10)12(17)18)13(19)15(5)9-14(2,3)4/h10-11H,6-9H2,1-5H3,(H,17,18). The molecule has 110 valence electrons. The zero-order valence-electron chi connectivity index (χ0n) is 12.6. The van der Waals surface area contributed by atoms with E-state index in [0.29, 0.717) is 13.1 Å². The summed E-state index contributed by atoms with van der Waals surface area (Å²) in [7, 11) is 1.74. The van der Waals surface area contributed by atoms with E-state index in [4.69, 9.17) is 0 Å². The molecule has 0 aromatic heterocycles. The zero-order valence-corrected chi connectivity index (χ0v) is 12.6. The number of nitrogens with zero attached hydrogens (tertiary/aromatic N) is 2. The van der Waals surface area contributed by atoms with Crippen LogP contribution < -0.4 is 0 Å². The first kappa shape index (κ1) is 15.8. The Labute approximate surface area is 115 Å². The third-order valence-corrected chi connectivity index (χ3v) is 3.47. The number of carbonyl (C=O) groups excluding carboxylic acids is 1. The second-order valence-electron chi connectivity index (χ2n) is 6.80. The average molecular weight is 270 g/mol. The maximum atomic E-state index is 12.4. The van der Waals surface area contributed by atoms with Crippen LogP contribution in [-0.4, -0.2) is 53.1 Å². The molecular weight excluding hydrogens is 244 g/mol. The van der Waals surface area contributed by atoms with Gasteiger partial charge in [-0.2, -0.15) is 0 Å². The van der Waals surface area contributed by atoms with Gasteiger partial charge in [-0.1, -0.05) is 27.7 Å². The highest BCUT2D eigenvalue weighted by Crippen LogP contribution is 2.25. The molecule has 2 unspecified atom stereocenters. The summed E-state index contributed by atoms with van der Waals surface area (Å²) in [5, 5.41) is 9.33. The molecule has 2 atom stereocenters. The van der Waals surface area contributed by atoms with E-state index in [-0.39, 0.29) is 17.4 Å². The number of hydrogen-bond acceptors (Lipinski definition) is 2. The van der Waals surface area contributed by atoms with E-state index < -0.39 is 12.0 Å². The van der Waals surface area contributed by atoms with Crippen LogP contribution in [0.15, 0.2) is 0 Å². The molecule has 0 bridgehead atoms. The Hall–Kier alpha value is -1.26. The maximum Gasteiger partial charge on any atom is 0.326 e. The van der Waals surface area contributed by atoms with Crippen LogP contribution in [0.25, 0.3) is 0 Å². The summed E-state index contributed by atoms with van der Waals surface area (Å²) in [5.41, 5.74) is 0.00450. The summed E-state index contributed by atoms with van der Waals surface area (Å²) in [6.07, 6.45) is 1.74. The van der Waals surface area contributed by atoms with Gasteiger partial charge in [0, 0.05) is 20.1 Å². The van der Waals surface area contributed by atoms with Crippen LogP contribution in [0, 0.1) is 11.3 Å². The number of aliphatic carboxylic acids is 1. The van der Waals surface area contributed by atoms with Crippen molar-refractivity contribution >= 4 is 12.0 Å². The smallest absolute Gasteiger partial charge is 0.326 e. The lowest BCUT2D eigenvalue weighted by atomic mass is 9.91. The summed E-state index contributed by atoms with van der Waals surface area (Å²) < 4.78 is 0. The lowest BCUT2D eigenvalue weighted by Crippen LogP contribution is -2.56. The Morgan fingerprint density at radius 2 is 1.95 bits per heavy atom. The molecule has 5 nitrogen and oxygen atoms in total. The monoisotopic (exact) mass is 270 g/mol. The lowest BCUT2D eigenvalue weighted by Gasteiger charge is -2.40. The molecule has 1 saturated heterocycles. The first-order chi connectivity index (χ1) is 8.63. The van der Waals surface area contributed by atoms with E-state index in [9.17, 15) is 14.7 Å². The van der Waals surface area contributed by atoms with E-state index in [0.717, 1.165) is 12.8 Å². The molecule has 1 heterocycles. The van der Waals surface area contributed by atoms with Crippen LogP contribution in [0.5, 0.6) is 0 Å². The molecule has 5 heteroatoms. The van der Waals surface area contributed by atoms with E-state index in [1.807, 2.05) is 6.92 Å². The largest absolute Gasteiger partial charge is 0.480 e. The molecule has 0 saturated carbocycles. The SMILES string of the molecule is CC1CCCN(C(=O)N(C)CC(C)(C)C)C1C(=O)O. The van der Waals surface area contributed by atoms with Gasteiger partial charge in [0.15, 0.2) is 0 Å². The number of likely N-dealkylation sites (tertiary alicyclic amines) is 1. The van der Waals surface area contributed by atoms with Crippen LogP contribution in [0.3, 0.4) is 0 Å². The molecule has 0 spiro atoms. The van der Waals surface area contributed by atoms with Crippen molar-refractivity contribution in [1.82, 2.24) is 9.80 Å². The number of amides is 2. The molecule has 1 fully saturated rings. The van der Waals surface area contributed by atoms with Gasteiger partial charge in [0.05, 0.1) is 0 Å². The number of piperidine rings is 1. The minimum Gasteiger partial charge on any atom is -0.480 e. The van der Waals surface area contributed by atoms with Crippen LogP contribution in [-0.2, 0) is 4.79 Å². The number of urea groups is 1. The van der Waals surface area contributed by atoms with Crippen LogP contribution in [0.1, 0.15) is 40.5 Å². The predicted octanol–water partition coefficient (Wildman–Crippen LogP) is 2.27. The van der Waals surface area contributed by atoms with Crippen LogP contribution in [0.2, 0.25) is 0 Å². The second-order valence-corrected chi connectivity index (χ2v) is 6.80. The van der Waals surface area contributed by atoms with Crippen molar-refractivity contribution in [3.8, 4) is 0 Å². The van der Waals surface area contributed by atoms with Gasteiger partial charge in [0.1, 0.15) is 6.04 Å². The molecule has 0 aromatic carbocycles. The molecule has 0 aromatic rings. The molecule has 1 aliphatic heterocycles. The number of rotatable bonds is 2. The van der Waals surface area contributed by atoms with Crippen molar-refractivity contribution in [1.29, 1.82) is 0 Å². The third kappa shape index (κ3) is 4.11. The molecule has 1 N–H and O–H groups in total. The molecule has 19 heavy (non-hydrogen) atoms. The van der Waals surface area contributed by atoms with Crippen LogP contribution in [0.4, 0.5) is 4.79 Å². The minimum absolute atomic E-state index is 0.00450. The summed E-state index contributed by atoms with van der Waals surface area (Å²) >= 11 is 0. The summed E-state index contributed by atoms with van der Waals surface area (Å²) in [6, 6.07) is -0.863. The molecular formula is C14H26N2O3. The van der Waals surface area contributed by atoms with Crippen molar-refractivity contribution in [2.24, 2.45) is 11.3 Å². The van der Waals surface area contributed by atoms with Gasteiger partial charge in [-0.15, -0.1) is 0 Å². The molecule has 2 amide bonds. The van der Waals surface area contributed by atoms with Crippen molar-refractivity contribution in [3.05, 3.63) is 0 Å². The first-order valence-electron chi connectivity index (χ1n) is 6.88. The molecule has 0 radical (unpaired) electrons. The molecule has 1 aliphatic rings. The highest BCUT2D eigenvalue weighted by molar-refractivity contribution is 5.83. The van der Waals surface area contributed by atoms with E-state index in [1.54, 1.807) is 11.9 Å². The van der Waals surface area contributed by atoms with Crippen molar-refractivity contribution in [2.45, 2.75) is 46.6 Å². The Morgan fingerprint density at radius 1 is 1.37 bits per heavy atom. The number of carboxylic acid groups (broad SMARTS) is 1. The molecule has 1 rings (SSSR count). The Bertz CT molecular complexity index is 349. The zero-order chi connectivity index (χ0) is 14.8. The summed E-state index contributed by atoms with van der Waals surface area (Å²) in [4.78, 5) is 26.9. The van der Waals surface area contributed by atoms with Gasteiger partial charge < -0.3 is 14.9 Å². The molecule has 0 aliphatic carbocycles. The number of carbonyl (C=O) groups is 2. The third-order valence-electron chi connectivity index (χ3n) is 3.47. The summed E-state index contributed by atoms with van der Waals surface area (Å²) in [6.45, 7) is 9.23. The number of carboxylic acids is 1. The fourth-order valence-electron chi connectivity index (χ4n) is 2.78. The van der Waals surface area contributed by atoms with E-state index in [1.165, 1.54) is 4.90 Å². The van der Waals surface area contributed by atoms with Crippen molar-refractivity contribution in [2.75, 3.05) is 20.1 Å². The van der Waals surface area contributed by atoms with Crippen molar-refractivity contribution in [3.63, 3.8) is 0 Å². The fraction of sp³-hybridized carbons (Fsp3) is 0.857. The highest BCUT2D eigenvalue weighted by Gasteiger charge is 2.38. The average Bonchev–Trinajstić information content (AvgIpc) is 2.24. The second kappa shape index (κ2) is 5.80. The van der Waals surface area contributed by atoms with Gasteiger partial charge in [-0.3, -0.25) is 0 Å². The van der Waals surface area contributed by atoms with Crippen molar-refractivity contribution < 1.29 is 14.7 Å². The highest BCUT2D eigenvalue weighted by atomic mass is 16.4. The Balaban J connectivity index is 2.81. The van der Waals surface area contributed by atoms with Crippen LogP contribution >= 0.6 is 0 Å². The lowest BCUT2D eigenvalue weighted by molar-refractivity contribution is -0.145. The Morgan fingerprint density at radius 3 is 2.42 bits per heavy atom. The van der Waals surface area contributed by atoms with Gasteiger partial charge in [-0.25, -0.2) is 9.59 Å². The number of hydrogen-bond donors (Lipinski definition) is 1. The van der Waals surface area contributed by atoms with E-state index in [2.05, 4.69) is 20.8 Å². The Kier molecular flexibility index (Phi) is 4.82. The van der Waals surface area contributed by atoms with Gasteiger partial charge >= 0.3 is 12.0 Å². The first-order valence-corrected chi connectivity index (χ1v) is 6.88. The predicted molar refractivity (Wildman–Crippen MR) is 74.0 cm³/mol. The van der Waals surface area contributed by atoms with Gasteiger partial charge in [0.2, 0.25) is 0 Å². The maximum absolute atomic E-state index is 12.4. The minimum atomic E-state index is -0.898. The topological polar surface area (TPSA) is 60.9 Å². The van der Waals surface area contributed by atoms with Gasteiger partial charge in [-0.05, 0) is 24.2 Å². The van der Waals surface area contributed by atoms with E-state index >= 15 is 0 Å². The van der Waals surface area contributed by atoms with Gasteiger partial charge in [0.25, 0.3) is 0 Å².